The SMILES string of the molecule is CCOC(=O)O[C@H]1C=C[C@H](c2cccc(Br)c2)C1. The average Bonchev–Trinajstić information content (AvgIpc) is 2.78. The van der Waals surface area contributed by atoms with Crippen LogP contribution in [0.25, 0.3) is 0 Å². The second-order valence-electron chi connectivity index (χ2n) is 4.12. The van der Waals surface area contributed by atoms with Crippen LogP contribution >= 0.6 is 15.9 Å². The molecule has 2 rings (SSSR count). The summed E-state index contributed by atoms with van der Waals surface area (Å²) in [6, 6.07) is 8.16. The molecule has 0 unspecified atom stereocenters. The molecule has 0 spiro atoms. The Morgan fingerprint density at radius 3 is 3.00 bits per heavy atom. The Morgan fingerprint density at radius 1 is 1.44 bits per heavy atom. The van der Waals surface area contributed by atoms with E-state index in [0.717, 1.165) is 10.9 Å². The predicted octanol–water partition coefficient (Wildman–Crippen LogP) is 4.03. The number of ether oxygens (including phenoxy) is 2. The second-order valence-corrected chi connectivity index (χ2v) is 5.04. The fourth-order valence-electron chi connectivity index (χ4n) is 2.01. The zero-order valence-corrected chi connectivity index (χ0v) is 11.7. The maximum absolute atomic E-state index is 11.2. The third kappa shape index (κ3) is 3.35. The number of carbonyl (C=O) groups is 1. The van der Waals surface area contributed by atoms with Crippen LogP contribution in [0.15, 0.2) is 40.9 Å². The van der Waals surface area contributed by atoms with Crippen molar-refractivity contribution < 1.29 is 14.3 Å². The van der Waals surface area contributed by atoms with Gasteiger partial charge in [-0.15, -0.1) is 0 Å². The van der Waals surface area contributed by atoms with Crippen molar-refractivity contribution in [2.45, 2.75) is 25.4 Å². The maximum Gasteiger partial charge on any atom is 0.508 e. The summed E-state index contributed by atoms with van der Waals surface area (Å²) in [4.78, 5) is 11.2. The summed E-state index contributed by atoms with van der Waals surface area (Å²) in [5.74, 6) is 0.293. The third-order valence-electron chi connectivity index (χ3n) is 2.83. The molecular weight excluding hydrogens is 296 g/mol. The van der Waals surface area contributed by atoms with Crippen LogP contribution in [0.4, 0.5) is 4.79 Å². The Balaban J connectivity index is 1.93. The summed E-state index contributed by atoms with van der Waals surface area (Å²) in [5, 5.41) is 0. The van der Waals surface area contributed by atoms with E-state index in [2.05, 4.69) is 34.1 Å². The van der Waals surface area contributed by atoms with Gasteiger partial charge < -0.3 is 9.47 Å². The molecule has 0 N–H and O–H groups in total. The minimum Gasteiger partial charge on any atom is -0.435 e. The lowest BCUT2D eigenvalue weighted by atomic mass is 9.98. The Morgan fingerprint density at radius 2 is 2.28 bits per heavy atom. The fourth-order valence-corrected chi connectivity index (χ4v) is 2.43. The van der Waals surface area contributed by atoms with Gasteiger partial charge in [0.2, 0.25) is 0 Å². The number of carbonyl (C=O) groups excluding carboxylic acids is 1. The van der Waals surface area contributed by atoms with E-state index in [-0.39, 0.29) is 6.10 Å². The standard InChI is InChI=1S/C14H15BrO3/c1-2-17-14(16)18-13-7-6-11(9-13)10-4-3-5-12(15)8-10/h3-8,11,13H,2,9H2,1H3/t11-,13-/m0/s1. The highest BCUT2D eigenvalue weighted by molar-refractivity contribution is 9.10. The molecule has 0 fully saturated rings. The maximum atomic E-state index is 11.2. The third-order valence-corrected chi connectivity index (χ3v) is 3.32. The van der Waals surface area contributed by atoms with Gasteiger partial charge in [0, 0.05) is 10.4 Å². The Hall–Kier alpha value is -1.29. The van der Waals surface area contributed by atoms with Crippen molar-refractivity contribution in [2.24, 2.45) is 0 Å². The highest BCUT2D eigenvalue weighted by atomic mass is 79.9. The van der Waals surface area contributed by atoms with Gasteiger partial charge in [-0.25, -0.2) is 4.79 Å². The van der Waals surface area contributed by atoms with Crippen LogP contribution in [-0.2, 0) is 9.47 Å². The molecule has 0 heterocycles. The molecule has 96 valence electrons. The number of allylic oxidation sites excluding steroid dienone is 1. The van der Waals surface area contributed by atoms with Crippen molar-refractivity contribution in [1.29, 1.82) is 0 Å². The summed E-state index contributed by atoms with van der Waals surface area (Å²) in [7, 11) is 0. The molecule has 3 nitrogen and oxygen atoms in total. The summed E-state index contributed by atoms with van der Waals surface area (Å²) in [5.41, 5.74) is 1.22. The average molecular weight is 311 g/mol. The van der Waals surface area contributed by atoms with Crippen molar-refractivity contribution in [3.63, 3.8) is 0 Å². The first-order valence-electron chi connectivity index (χ1n) is 5.96. The predicted molar refractivity (Wildman–Crippen MR) is 72.5 cm³/mol. The molecule has 0 aromatic heterocycles. The van der Waals surface area contributed by atoms with Gasteiger partial charge in [0.25, 0.3) is 0 Å². The topological polar surface area (TPSA) is 35.5 Å². The van der Waals surface area contributed by atoms with Gasteiger partial charge in [0.1, 0.15) is 6.10 Å². The van der Waals surface area contributed by atoms with Crippen LogP contribution in [0.2, 0.25) is 0 Å². The number of halogens is 1. The van der Waals surface area contributed by atoms with E-state index >= 15 is 0 Å². The molecule has 1 aromatic carbocycles. The number of hydrogen-bond donors (Lipinski definition) is 0. The molecule has 0 saturated heterocycles. The molecule has 4 heteroatoms. The molecule has 0 bridgehead atoms. The molecule has 2 atom stereocenters. The van der Waals surface area contributed by atoms with E-state index < -0.39 is 6.16 Å². The zero-order chi connectivity index (χ0) is 13.0. The van der Waals surface area contributed by atoms with Gasteiger partial charge in [0.15, 0.2) is 0 Å². The van der Waals surface area contributed by atoms with E-state index in [1.165, 1.54) is 5.56 Å². The second kappa shape index (κ2) is 6.05. The molecule has 1 aromatic rings. The van der Waals surface area contributed by atoms with Gasteiger partial charge in [-0.3, -0.25) is 0 Å². The molecular formula is C14H15BrO3. The van der Waals surface area contributed by atoms with Crippen LogP contribution < -0.4 is 0 Å². The van der Waals surface area contributed by atoms with E-state index in [0.29, 0.717) is 12.5 Å². The summed E-state index contributed by atoms with van der Waals surface area (Å²) >= 11 is 3.46. The first kappa shape index (κ1) is 13.1. The van der Waals surface area contributed by atoms with Crippen molar-refractivity contribution in [3.8, 4) is 0 Å². The van der Waals surface area contributed by atoms with E-state index in [1.807, 2.05) is 18.2 Å². The summed E-state index contributed by atoms with van der Waals surface area (Å²) in [6.07, 6.45) is 3.98. The lowest BCUT2D eigenvalue weighted by Gasteiger charge is -2.13. The molecule has 0 amide bonds. The van der Waals surface area contributed by atoms with Gasteiger partial charge in [-0.05, 0) is 37.1 Å². The number of benzene rings is 1. The molecule has 0 saturated carbocycles. The van der Waals surface area contributed by atoms with Crippen LogP contribution in [0.5, 0.6) is 0 Å². The van der Waals surface area contributed by atoms with Crippen LogP contribution in [-0.4, -0.2) is 18.9 Å². The smallest absolute Gasteiger partial charge is 0.435 e. The Bertz CT molecular complexity index is 456. The highest BCUT2D eigenvalue weighted by Crippen LogP contribution is 2.31. The summed E-state index contributed by atoms with van der Waals surface area (Å²) < 4.78 is 11.0. The van der Waals surface area contributed by atoms with E-state index in [4.69, 9.17) is 9.47 Å². The number of hydrogen-bond acceptors (Lipinski definition) is 3. The van der Waals surface area contributed by atoms with Crippen LogP contribution in [0.3, 0.4) is 0 Å². The van der Waals surface area contributed by atoms with Crippen LogP contribution in [0.1, 0.15) is 24.8 Å². The number of rotatable bonds is 3. The quantitative estimate of drug-likeness (QED) is 0.624. The fraction of sp³-hybridized carbons (Fsp3) is 0.357. The zero-order valence-electron chi connectivity index (χ0n) is 10.1. The van der Waals surface area contributed by atoms with Crippen molar-refractivity contribution >= 4 is 22.1 Å². The van der Waals surface area contributed by atoms with Crippen LogP contribution in [0, 0.1) is 0 Å². The summed E-state index contributed by atoms with van der Waals surface area (Å²) in [6.45, 7) is 2.10. The molecule has 18 heavy (non-hydrogen) atoms. The van der Waals surface area contributed by atoms with Gasteiger partial charge >= 0.3 is 6.16 Å². The lowest BCUT2D eigenvalue weighted by Crippen LogP contribution is -2.16. The molecule has 1 aliphatic rings. The van der Waals surface area contributed by atoms with E-state index in [9.17, 15) is 4.79 Å². The largest absolute Gasteiger partial charge is 0.508 e. The van der Waals surface area contributed by atoms with Crippen molar-refractivity contribution in [3.05, 3.63) is 46.5 Å². The van der Waals surface area contributed by atoms with Crippen molar-refractivity contribution in [1.82, 2.24) is 0 Å². The van der Waals surface area contributed by atoms with Gasteiger partial charge in [0.05, 0.1) is 6.61 Å². The first-order chi connectivity index (χ1) is 8.69. The minimum atomic E-state index is -0.595. The lowest BCUT2D eigenvalue weighted by molar-refractivity contribution is 0.0398. The molecule has 1 aliphatic carbocycles. The van der Waals surface area contributed by atoms with Gasteiger partial charge in [-0.1, -0.05) is 34.1 Å². The Labute approximate surface area is 115 Å². The normalized spacial score (nSPS) is 21.9. The minimum absolute atomic E-state index is 0.187. The van der Waals surface area contributed by atoms with Crippen molar-refractivity contribution in [2.75, 3.05) is 6.61 Å². The molecule has 0 aliphatic heterocycles. The first-order valence-corrected chi connectivity index (χ1v) is 6.75. The highest BCUT2D eigenvalue weighted by Gasteiger charge is 2.23. The Kier molecular flexibility index (Phi) is 4.42. The molecule has 0 radical (unpaired) electrons. The van der Waals surface area contributed by atoms with Gasteiger partial charge in [-0.2, -0.15) is 0 Å². The monoisotopic (exact) mass is 310 g/mol. The van der Waals surface area contributed by atoms with E-state index in [1.54, 1.807) is 6.92 Å².